The third-order valence-electron chi connectivity index (χ3n) is 6.62. The SMILES string of the molecule is CC(C)(NC(=O)[C@](C)(NC(=O)Cn1nc(-c2ccc(Cl)cc2)n(C[C@H](O)C(F)(F)F)c1=O)c1cccc(C(F)(F)F)c1)C(=O)O. The van der Waals surface area contributed by atoms with Crippen LogP contribution in [0.4, 0.5) is 26.3 Å². The van der Waals surface area contributed by atoms with Crippen molar-refractivity contribution in [1.82, 2.24) is 25.0 Å². The Bertz CT molecular complexity index is 1650. The molecule has 2 aromatic carbocycles. The molecule has 0 aliphatic rings. The Hall–Kier alpha value is -4.38. The summed E-state index contributed by atoms with van der Waals surface area (Å²) in [5.41, 5.74) is -7.14. The molecule has 3 aromatic rings. The fourth-order valence-corrected chi connectivity index (χ4v) is 4.11. The van der Waals surface area contributed by atoms with Gasteiger partial charge in [0.2, 0.25) is 5.91 Å². The van der Waals surface area contributed by atoms with E-state index < -0.39 is 83.0 Å². The minimum atomic E-state index is -5.12. The molecule has 4 N–H and O–H groups in total. The van der Waals surface area contributed by atoms with Gasteiger partial charge in [0.05, 0.1) is 12.1 Å². The van der Waals surface area contributed by atoms with Crippen LogP contribution in [0.2, 0.25) is 5.02 Å². The van der Waals surface area contributed by atoms with Crippen molar-refractivity contribution >= 4 is 29.4 Å². The molecule has 0 aliphatic carbocycles. The second-order valence-electron chi connectivity index (χ2n) is 10.6. The van der Waals surface area contributed by atoms with Crippen LogP contribution in [-0.4, -0.2) is 60.2 Å². The summed E-state index contributed by atoms with van der Waals surface area (Å²) in [6.07, 6.45) is -13.0. The predicted molar refractivity (Wildman–Crippen MR) is 146 cm³/mol. The van der Waals surface area contributed by atoms with E-state index in [1.54, 1.807) is 0 Å². The molecule has 45 heavy (non-hydrogen) atoms. The van der Waals surface area contributed by atoms with Crippen LogP contribution in [-0.2, 0) is 39.2 Å². The number of carbonyl (C=O) groups excluding carboxylic acids is 2. The predicted octanol–water partition coefficient (Wildman–Crippen LogP) is 3.32. The Labute approximate surface area is 255 Å². The van der Waals surface area contributed by atoms with E-state index >= 15 is 0 Å². The number of aliphatic hydroxyl groups is 1. The van der Waals surface area contributed by atoms with Gasteiger partial charge in [-0.25, -0.2) is 14.3 Å². The maximum absolute atomic E-state index is 13.5. The summed E-state index contributed by atoms with van der Waals surface area (Å²) < 4.78 is 80.8. The number of aliphatic carboxylic acids is 1. The Balaban J connectivity index is 2.06. The lowest BCUT2D eigenvalue weighted by molar-refractivity contribution is -0.207. The molecule has 244 valence electrons. The number of carboxylic acid groups (broad SMARTS) is 1. The van der Waals surface area contributed by atoms with Crippen molar-refractivity contribution in [1.29, 1.82) is 0 Å². The Morgan fingerprint density at radius 3 is 2.07 bits per heavy atom. The number of halogens is 7. The lowest BCUT2D eigenvalue weighted by Gasteiger charge is -2.33. The molecular formula is C27H26ClF6N5O6. The summed E-state index contributed by atoms with van der Waals surface area (Å²) in [5.74, 6) is -4.37. The van der Waals surface area contributed by atoms with Gasteiger partial charge >= 0.3 is 24.0 Å². The number of carboxylic acids is 1. The number of amides is 2. The summed E-state index contributed by atoms with van der Waals surface area (Å²) in [7, 11) is 0. The normalized spacial score (nSPS) is 14.4. The monoisotopic (exact) mass is 665 g/mol. The summed E-state index contributed by atoms with van der Waals surface area (Å²) in [6.45, 7) is 0.798. The fourth-order valence-electron chi connectivity index (χ4n) is 3.98. The molecule has 0 radical (unpaired) electrons. The maximum Gasteiger partial charge on any atom is 0.416 e. The molecule has 0 bridgehead atoms. The zero-order chi connectivity index (χ0) is 34.1. The van der Waals surface area contributed by atoms with Gasteiger partial charge in [0.25, 0.3) is 5.91 Å². The van der Waals surface area contributed by atoms with Gasteiger partial charge in [-0.05, 0) is 62.7 Å². The van der Waals surface area contributed by atoms with Crippen LogP contribution < -0.4 is 16.3 Å². The Kier molecular flexibility index (Phi) is 9.79. The lowest BCUT2D eigenvalue weighted by atomic mass is 9.88. The van der Waals surface area contributed by atoms with E-state index in [9.17, 15) is 55.7 Å². The number of alkyl halides is 6. The second kappa shape index (κ2) is 12.5. The third-order valence-corrected chi connectivity index (χ3v) is 6.88. The van der Waals surface area contributed by atoms with Crippen LogP contribution in [0.3, 0.4) is 0 Å². The molecule has 3 rings (SSSR count). The maximum atomic E-state index is 13.5. The van der Waals surface area contributed by atoms with Crippen molar-refractivity contribution < 1.29 is 50.9 Å². The highest BCUT2D eigenvalue weighted by atomic mass is 35.5. The molecule has 0 saturated carbocycles. The Morgan fingerprint density at radius 1 is 0.956 bits per heavy atom. The van der Waals surface area contributed by atoms with Crippen LogP contribution in [0.25, 0.3) is 11.4 Å². The van der Waals surface area contributed by atoms with Crippen molar-refractivity contribution in [2.75, 3.05) is 0 Å². The number of carbonyl (C=O) groups is 3. The van der Waals surface area contributed by atoms with Crippen molar-refractivity contribution in [2.24, 2.45) is 0 Å². The second-order valence-corrected chi connectivity index (χ2v) is 11.0. The first-order valence-corrected chi connectivity index (χ1v) is 13.2. The molecule has 0 fully saturated rings. The molecule has 2 atom stereocenters. The van der Waals surface area contributed by atoms with Crippen LogP contribution in [0.15, 0.2) is 53.3 Å². The number of benzene rings is 2. The molecule has 2 amide bonds. The molecule has 1 heterocycles. The standard InChI is InChI=1S/C27H26ClF6N5O6/c1-24(2,22(43)44)36-21(42)25(3,15-5-4-6-16(11-15)26(29,30)31)35-19(41)13-39-23(45)38(12-18(40)27(32,33)34)20(37-39)14-7-9-17(28)10-8-14/h4-11,18,40H,12-13H2,1-3H3,(H,35,41)(H,36,42)(H,43,44)/t18-,25+/m0/s1. The largest absolute Gasteiger partial charge is 0.480 e. The number of nitrogens with one attached hydrogen (secondary N) is 2. The summed E-state index contributed by atoms with van der Waals surface area (Å²) >= 11 is 5.85. The van der Waals surface area contributed by atoms with Crippen molar-refractivity contribution in [3.05, 3.63) is 75.2 Å². The van der Waals surface area contributed by atoms with E-state index in [0.717, 1.165) is 32.9 Å². The zero-order valence-electron chi connectivity index (χ0n) is 23.6. The van der Waals surface area contributed by atoms with Gasteiger partial charge in [0, 0.05) is 10.6 Å². The molecule has 0 spiro atoms. The van der Waals surface area contributed by atoms with Crippen LogP contribution >= 0.6 is 11.6 Å². The lowest BCUT2D eigenvalue weighted by Crippen LogP contribution is -2.61. The van der Waals surface area contributed by atoms with Gasteiger partial charge in [-0.3, -0.25) is 14.2 Å². The summed E-state index contributed by atoms with van der Waals surface area (Å²) in [5, 5.41) is 27.6. The van der Waals surface area contributed by atoms with E-state index in [2.05, 4.69) is 15.7 Å². The molecule has 0 unspecified atom stereocenters. The van der Waals surface area contributed by atoms with Gasteiger partial charge in [-0.1, -0.05) is 23.7 Å². The van der Waals surface area contributed by atoms with Gasteiger partial charge in [-0.2, -0.15) is 26.3 Å². The van der Waals surface area contributed by atoms with Crippen molar-refractivity contribution in [3.63, 3.8) is 0 Å². The molecule has 11 nitrogen and oxygen atoms in total. The van der Waals surface area contributed by atoms with Gasteiger partial charge in [0.1, 0.15) is 17.6 Å². The number of hydrogen-bond acceptors (Lipinski definition) is 6. The van der Waals surface area contributed by atoms with E-state index in [4.69, 9.17) is 11.6 Å². The highest BCUT2D eigenvalue weighted by molar-refractivity contribution is 6.30. The van der Waals surface area contributed by atoms with Gasteiger partial charge < -0.3 is 20.8 Å². The third kappa shape index (κ3) is 8.02. The van der Waals surface area contributed by atoms with Gasteiger partial charge in [0.15, 0.2) is 11.9 Å². The average Bonchev–Trinajstić information content (AvgIpc) is 3.22. The molecule has 0 aliphatic heterocycles. The number of aromatic nitrogens is 3. The fraction of sp³-hybridized carbons (Fsp3) is 0.370. The van der Waals surface area contributed by atoms with E-state index in [-0.39, 0.29) is 10.6 Å². The number of aliphatic hydroxyl groups excluding tert-OH is 1. The zero-order valence-corrected chi connectivity index (χ0v) is 24.4. The minimum Gasteiger partial charge on any atom is -0.480 e. The molecule has 0 saturated heterocycles. The number of nitrogens with zero attached hydrogens (tertiary/aromatic N) is 3. The number of rotatable bonds is 10. The van der Waals surface area contributed by atoms with Crippen LogP contribution in [0, 0.1) is 0 Å². The topological polar surface area (TPSA) is 156 Å². The quantitative estimate of drug-likeness (QED) is 0.242. The summed E-state index contributed by atoms with van der Waals surface area (Å²) in [6, 6.07) is 8.59. The molecular weight excluding hydrogens is 640 g/mol. The van der Waals surface area contributed by atoms with E-state index in [1.807, 2.05) is 0 Å². The first-order chi connectivity index (χ1) is 20.6. The van der Waals surface area contributed by atoms with Gasteiger partial charge in [-0.15, -0.1) is 5.10 Å². The van der Waals surface area contributed by atoms with Crippen LogP contribution in [0.5, 0.6) is 0 Å². The van der Waals surface area contributed by atoms with E-state index in [0.29, 0.717) is 21.4 Å². The highest BCUT2D eigenvalue weighted by Gasteiger charge is 2.43. The first kappa shape index (κ1) is 35.1. The minimum absolute atomic E-state index is 0.0779. The molecule has 1 aromatic heterocycles. The van der Waals surface area contributed by atoms with Crippen LogP contribution in [0.1, 0.15) is 31.9 Å². The average molecular weight is 666 g/mol. The van der Waals surface area contributed by atoms with Crippen molar-refractivity contribution in [3.8, 4) is 11.4 Å². The highest BCUT2D eigenvalue weighted by Crippen LogP contribution is 2.33. The molecule has 18 heteroatoms. The Morgan fingerprint density at radius 2 is 1.53 bits per heavy atom. The van der Waals surface area contributed by atoms with Crippen molar-refractivity contribution in [2.45, 2.75) is 63.4 Å². The number of hydrogen-bond donors (Lipinski definition) is 4. The first-order valence-electron chi connectivity index (χ1n) is 12.8. The summed E-state index contributed by atoms with van der Waals surface area (Å²) in [4.78, 5) is 51.4. The smallest absolute Gasteiger partial charge is 0.416 e. The van der Waals surface area contributed by atoms with E-state index in [1.165, 1.54) is 24.3 Å².